The Bertz CT molecular complexity index is 4610. The van der Waals surface area contributed by atoms with E-state index in [0.717, 1.165) is 89.1 Å². The average molecular weight is 1370 g/mol. The summed E-state index contributed by atoms with van der Waals surface area (Å²) in [7, 11) is 4.36. The van der Waals surface area contributed by atoms with E-state index >= 15 is 0 Å². The number of aromatic nitrogens is 12. The Balaban J connectivity index is 0.000000135. The van der Waals surface area contributed by atoms with Gasteiger partial charge in [0.15, 0.2) is 0 Å². The second-order valence-corrected chi connectivity index (χ2v) is 26.8. The normalized spacial score (nSPS) is 16.0. The molecule has 15 rings (SSSR count). The van der Waals surface area contributed by atoms with Gasteiger partial charge in [0.25, 0.3) is 0 Å². The minimum Gasteiger partial charge on any atom is -0.390 e. The van der Waals surface area contributed by atoms with Gasteiger partial charge in [-0.05, 0) is 201 Å². The molecule has 3 atom stereocenters. The summed E-state index contributed by atoms with van der Waals surface area (Å²) in [5.41, 5.74) is 10.1. The molecule has 101 heavy (non-hydrogen) atoms. The molecule has 12 heterocycles. The molecule has 0 amide bonds. The number of hydrogen-bond donors (Lipinski definition) is 7. The van der Waals surface area contributed by atoms with Crippen LogP contribution in [0.1, 0.15) is 111 Å². The topological polar surface area (TPSA) is 246 Å². The minimum atomic E-state index is -0.420. The van der Waals surface area contributed by atoms with Gasteiger partial charge in [-0.15, -0.1) is 0 Å². The van der Waals surface area contributed by atoms with Crippen LogP contribution in [0.2, 0.25) is 0 Å². The van der Waals surface area contributed by atoms with Crippen LogP contribution in [0.3, 0.4) is 0 Å². The summed E-state index contributed by atoms with van der Waals surface area (Å²) in [6, 6.07) is 37.6. The number of pyridine rings is 6. The molecule has 24 heteroatoms. The van der Waals surface area contributed by atoms with Gasteiger partial charge in [-0.25, -0.2) is 42.2 Å². The quantitative estimate of drug-likeness (QED) is 0.0422. The summed E-state index contributed by atoms with van der Waals surface area (Å²) in [6.07, 6.45) is 17.4. The number of fused-ring (bicyclic) bond motifs is 3. The number of anilines is 6. The van der Waals surface area contributed by atoms with Crippen LogP contribution in [0.15, 0.2) is 165 Å². The molecule has 21 nitrogen and oxygen atoms in total. The van der Waals surface area contributed by atoms with Crippen LogP contribution in [-0.4, -0.2) is 138 Å². The Morgan fingerprint density at radius 3 is 1.01 bits per heavy atom. The number of piperidine rings is 3. The number of aliphatic hydroxyl groups excluding tert-OH is 3. The van der Waals surface area contributed by atoms with Crippen molar-refractivity contribution >= 4 is 67.2 Å². The molecule has 3 fully saturated rings. The third kappa shape index (κ3) is 16.7. The van der Waals surface area contributed by atoms with Crippen molar-refractivity contribution in [2.75, 3.05) is 69.3 Å². The maximum absolute atomic E-state index is 14.8. The van der Waals surface area contributed by atoms with Crippen LogP contribution >= 0.6 is 0 Å². The van der Waals surface area contributed by atoms with Gasteiger partial charge in [0.05, 0.1) is 87.6 Å². The lowest BCUT2D eigenvalue weighted by Gasteiger charge is -2.32. The molecular weight excluding hydrogens is 1280 g/mol. The fourth-order valence-electron chi connectivity index (χ4n) is 13.6. The summed E-state index contributed by atoms with van der Waals surface area (Å²) in [5, 5.41) is 55.7. The van der Waals surface area contributed by atoms with Gasteiger partial charge in [-0.3, -0.25) is 15.0 Å². The average Bonchev–Trinajstić information content (AvgIpc) is 1.49. The SMILES string of the molecule is CC(c1ccc2cnc(Nc3ccc(-n4ccc(CO)n4)cc3F)cc2n1)C1CCNCC1.C[C@@H](c1ccc2cnc(Nc3ccc(-n4ccc(CO)n4)cc3F)cc2n1)C1CCN(C)CC1.C[C@H](c1ccc2cnc(Nc3ccc(-n4ccc(CO)n4)cc3F)cc2n1)C1CCN(C)CC1. The lowest BCUT2D eigenvalue weighted by atomic mass is 9.83. The van der Waals surface area contributed by atoms with Gasteiger partial charge in [-0.2, -0.15) is 15.3 Å². The molecule has 0 saturated carbocycles. The number of nitrogens with one attached hydrogen (secondary N) is 4. The van der Waals surface area contributed by atoms with E-state index in [-0.39, 0.29) is 19.8 Å². The number of likely N-dealkylation sites (tertiary alicyclic amines) is 2. The number of rotatable bonds is 18. The number of hydrogen-bond acceptors (Lipinski definition) is 18. The predicted octanol–water partition coefficient (Wildman–Crippen LogP) is 13.6. The summed E-state index contributed by atoms with van der Waals surface area (Å²) in [6.45, 7) is 13.0. The highest BCUT2D eigenvalue weighted by Crippen LogP contribution is 2.36. The van der Waals surface area contributed by atoms with Crippen LogP contribution in [0.5, 0.6) is 0 Å². The molecule has 7 N–H and O–H groups in total. The minimum absolute atomic E-state index is 0.157. The van der Waals surface area contributed by atoms with Gasteiger partial charge < -0.3 is 46.4 Å². The molecule has 0 radical (unpaired) electrons. The van der Waals surface area contributed by atoms with Crippen molar-refractivity contribution in [3.63, 3.8) is 0 Å². The Hall–Kier alpha value is -10.1. The maximum Gasteiger partial charge on any atom is 0.148 e. The van der Waals surface area contributed by atoms with Gasteiger partial charge in [0.2, 0.25) is 0 Å². The smallest absolute Gasteiger partial charge is 0.148 e. The van der Waals surface area contributed by atoms with Crippen molar-refractivity contribution in [1.82, 2.24) is 74.4 Å². The van der Waals surface area contributed by atoms with E-state index in [1.807, 2.05) is 18.2 Å². The second-order valence-electron chi connectivity index (χ2n) is 26.8. The van der Waals surface area contributed by atoms with E-state index in [4.69, 9.17) is 15.0 Å². The number of benzene rings is 3. The molecule has 3 saturated heterocycles. The Kier molecular flexibility index (Phi) is 21.7. The van der Waals surface area contributed by atoms with E-state index in [1.54, 1.807) is 91.8 Å². The summed E-state index contributed by atoms with van der Waals surface area (Å²) < 4.78 is 49.0. The first-order chi connectivity index (χ1) is 49.1. The molecule has 9 aromatic heterocycles. The molecule has 0 spiro atoms. The van der Waals surface area contributed by atoms with E-state index in [9.17, 15) is 28.5 Å². The molecular formula is C77H85F3N18O3. The van der Waals surface area contributed by atoms with E-state index in [0.29, 0.717) is 104 Å². The second kappa shape index (κ2) is 31.6. The Morgan fingerprint density at radius 2 is 0.723 bits per heavy atom. The van der Waals surface area contributed by atoms with Crippen LogP contribution in [0, 0.1) is 35.2 Å². The predicted molar refractivity (Wildman–Crippen MR) is 388 cm³/mol. The largest absolute Gasteiger partial charge is 0.390 e. The van der Waals surface area contributed by atoms with E-state index in [1.165, 1.54) is 70.8 Å². The molecule has 12 aromatic rings. The molecule has 0 aliphatic carbocycles. The maximum atomic E-state index is 14.8. The zero-order valence-corrected chi connectivity index (χ0v) is 57.4. The van der Waals surface area contributed by atoms with Crippen LogP contribution in [-0.2, 0) is 19.8 Å². The van der Waals surface area contributed by atoms with Crippen molar-refractivity contribution in [2.45, 2.75) is 96.9 Å². The summed E-state index contributed by atoms with van der Waals surface area (Å²) >= 11 is 0. The van der Waals surface area contributed by atoms with Crippen LogP contribution < -0.4 is 21.3 Å². The first kappa shape index (κ1) is 69.4. The lowest BCUT2D eigenvalue weighted by Crippen LogP contribution is -2.32. The van der Waals surface area contributed by atoms with Crippen molar-refractivity contribution in [2.24, 2.45) is 17.8 Å². The van der Waals surface area contributed by atoms with Crippen molar-refractivity contribution in [1.29, 1.82) is 0 Å². The molecule has 1 unspecified atom stereocenters. The monoisotopic (exact) mass is 1370 g/mol. The van der Waals surface area contributed by atoms with Crippen LogP contribution in [0.25, 0.3) is 49.8 Å². The van der Waals surface area contributed by atoms with Crippen molar-refractivity contribution in [3.8, 4) is 17.1 Å². The summed E-state index contributed by atoms with van der Waals surface area (Å²) in [5.74, 6) is 3.43. The number of aliphatic hydroxyl groups is 3. The zero-order valence-electron chi connectivity index (χ0n) is 57.4. The van der Waals surface area contributed by atoms with Gasteiger partial charge in [-0.1, -0.05) is 20.8 Å². The molecule has 522 valence electrons. The lowest BCUT2D eigenvalue weighted by molar-refractivity contribution is 0.201. The van der Waals surface area contributed by atoms with Gasteiger partial charge in [0, 0.05) is 125 Å². The Morgan fingerprint density at radius 1 is 0.416 bits per heavy atom. The third-order valence-corrected chi connectivity index (χ3v) is 20.1. The van der Waals surface area contributed by atoms with Crippen molar-refractivity contribution < 1.29 is 28.5 Å². The van der Waals surface area contributed by atoms with Crippen LogP contribution in [0.4, 0.5) is 47.7 Å². The van der Waals surface area contributed by atoms with Crippen molar-refractivity contribution in [3.05, 3.63) is 216 Å². The standard InChI is InChI=1S/2C26H29FN6O.C25H27FN6O/c2*1-17(18-7-10-32(2)11-8-18)23-5-3-19-15-28-26(14-25(19)29-23)30-24-6-4-21(13-22(24)27)33-12-9-20(16-34)31-33;1-16(17-6-9-27-10-7-17)22-4-2-18-14-28-25(13-24(18)29-22)30-23-5-3-20(12-21(23)26)32-11-8-19(15-33)31-32/h2*3-6,9,12-15,17-18,34H,7-8,10-11,16H2,1-2H3,(H,28,30);2-5,8,11-14,16-17,27,33H,6-7,9-10,15H2,1H3,(H,28,30)/t2*17-;/m10./s1. The molecule has 3 aliphatic rings. The first-order valence-electron chi connectivity index (χ1n) is 34.7. The molecule has 0 bridgehead atoms. The highest BCUT2D eigenvalue weighted by atomic mass is 19.1. The zero-order chi connectivity index (χ0) is 70.1. The van der Waals surface area contributed by atoms with Gasteiger partial charge in [0.1, 0.15) is 34.9 Å². The highest BCUT2D eigenvalue weighted by molar-refractivity contribution is 5.83. The molecule has 3 aliphatic heterocycles. The number of halogens is 3. The third-order valence-electron chi connectivity index (χ3n) is 20.1. The Labute approximate surface area is 584 Å². The number of nitrogens with zero attached hydrogens (tertiary/aromatic N) is 14. The van der Waals surface area contributed by atoms with Gasteiger partial charge >= 0.3 is 0 Å². The fraction of sp³-hybridized carbons (Fsp3) is 0.338. The highest BCUT2D eigenvalue weighted by Gasteiger charge is 2.27. The van der Waals surface area contributed by atoms with E-state index < -0.39 is 17.5 Å². The fourth-order valence-corrected chi connectivity index (χ4v) is 13.6. The van der Waals surface area contributed by atoms with E-state index in [2.05, 4.69) is 133 Å². The first-order valence-corrected chi connectivity index (χ1v) is 34.7. The molecule has 3 aromatic carbocycles. The summed E-state index contributed by atoms with van der Waals surface area (Å²) in [4.78, 5) is 32.9.